The number of carbonyl (C=O) groups is 1. The van der Waals surface area contributed by atoms with Gasteiger partial charge in [-0.15, -0.1) is 0 Å². The zero-order valence-corrected chi connectivity index (χ0v) is 13.6. The lowest BCUT2D eigenvalue weighted by atomic mass is 9.90. The second-order valence-corrected chi connectivity index (χ2v) is 6.23. The van der Waals surface area contributed by atoms with E-state index in [1.807, 2.05) is 12.1 Å². The average Bonchev–Trinajstić information content (AvgIpc) is 2.61. The van der Waals surface area contributed by atoms with Gasteiger partial charge in [0.05, 0.1) is 0 Å². The van der Waals surface area contributed by atoms with Crippen LogP contribution in [0.2, 0.25) is 0 Å². The Bertz CT molecular complexity index is 1060. The molecule has 0 heterocycles. The lowest BCUT2D eigenvalue weighted by Gasteiger charge is -2.14. The van der Waals surface area contributed by atoms with Crippen LogP contribution in [0, 0.1) is 0 Å². The number of benzene rings is 4. The SMILES string of the molecule is CC(=O)Cc1ccccc1-c1cc2ccccc2c2ccccc12. The number of rotatable bonds is 3. The van der Waals surface area contributed by atoms with E-state index in [2.05, 4.69) is 66.7 Å². The Kier molecular flexibility index (Phi) is 3.62. The van der Waals surface area contributed by atoms with Crippen LogP contribution < -0.4 is 0 Å². The van der Waals surface area contributed by atoms with Crippen LogP contribution in [0.1, 0.15) is 12.5 Å². The minimum atomic E-state index is 0.188. The van der Waals surface area contributed by atoms with Crippen molar-refractivity contribution in [3.05, 3.63) is 84.4 Å². The normalized spacial score (nSPS) is 11.0. The van der Waals surface area contributed by atoms with Gasteiger partial charge in [-0.25, -0.2) is 0 Å². The second kappa shape index (κ2) is 5.93. The number of fused-ring (bicyclic) bond motifs is 3. The maximum atomic E-state index is 11.7. The molecule has 0 saturated heterocycles. The van der Waals surface area contributed by atoms with E-state index in [0.29, 0.717) is 6.42 Å². The van der Waals surface area contributed by atoms with Crippen LogP contribution >= 0.6 is 0 Å². The van der Waals surface area contributed by atoms with Crippen molar-refractivity contribution in [1.29, 1.82) is 0 Å². The van der Waals surface area contributed by atoms with Crippen LogP contribution in [0.4, 0.5) is 0 Å². The number of carbonyl (C=O) groups excluding carboxylic acids is 1. The third-order valence-corrected chi connectivity index (χ3v) is 4.51. The van der Waals surface area contributed by atoms with Crippen molar-refractivity contribution in [2.24, 2.45) is 0 Å². The van der Waals surface area contributed by atoms with Crippen molar-refractivity contribution in [3.63, 3.8) is 0 Å². The van der Waals surface area contributed by atoms with Crippen molar-refractivity contribution in [3.8, 4) is 11.1 Å². The summed E-state index contributed by atoms with van der Waals surface area (Å²) in [6.07, 6.45) is 0.470. The molecule has 0 spiro atoms. The Hall–Kier alpha value is -2.93. The monoisotopic (exact) mass is 310 g/mol. The molecule has 0 bridgehead atoms. The molecular weight excluding hydrogens is 292 g/mol. The highest BCUT2D eigenvalue weighted by Crippen LogP contribution is 2.36. The fourth-order valence-electron chi connectivity index (χ4n) is 3.48. The molecule has 0 aromatic heterocycles. The fraction of sp³-hybridized carbons (Fsp3) is 0.0870. The first-order chi connectivity index (χ1) is 11.7. The number of hydrogen-bond acceptors (Lipinski definition) is 1. The van der Waals surface area contributed by atoms with E-state index in [9.17, 15) is 4.79 Å². The van der Waals surface area contributed by atoms with Crippen LogP contribution in [0.25, 0.3) is 32.7 Å². The smallest absolute Gasteiger partial charge is 0.134 e. The maximum absolute atomic E-state index is 11.7. The molecule has 0 fully saturated rings. The summed E-state index contributed by atoms with van der Waals surface area (Å²) in [6.45, 7) is 1.65. The van der Waals surface area contributed by atoms with E-state index in [0.717, 1.165) is 11.1 Å². The quantitative estimate of drug-likeness (QED) is 0.438. The second-order valence-electron chi connectivity index (χ2n) is 6.23. The zero-order chi connectivity index (χ0) is 16.5. The van der Waals surface area contributed by atoms with E-state index < -0.39 is 0 Å². The van der Waals surface area contributed by atoms with Crippen molar-refractivity contribution < 1.29 is 4.79 Å². The first-order valence-electron chi connectivity index (χ1n) is 8.22. The highest BCUT2D eigenvalue weighted by atomic mass is 16.1. The molecule has 4 aromatic carbocycles. The topological polar surface area (TPSA) is 17.1 Å². The van der Waals surface area contributed by atoms with Crippen molar-refractivity contribution in [2.45, 2.75) is 13.3 Å². The summed E-state index contributed by atoms with van der Waals surface area (Å²) in [6, 6.07) is 27.5. The van der Waals surface area contributed by atoms with Crippen molar-refractivity contribution in [1.82, 2.24) is 0 Å². The largest absolute Gasteiger partial charge is 0.300 e. The van der Waals surface area contributed by atoms with Crippen LogP contribution in [0.15, 0.2) is 78.9 Å². The number of Topliss-reactive ketones (excluding diaryl/α,β-unsaturated/α-hetero) is 1. The van der Waals surface area contributed by atoms with E-state index in [1.54, 1.807) is 6.92 Å². The lowest BCUT2D eigenvalue weighted by Crippen LogP contribution is -1.99. The summed E-state index contributed by atoms with van der Waals surface area (Å²) in [7, 11) is 0. The van der Waals surface area contributed by atoms with Gasteiger partial charge in [0.15, 0.2) is 0 Å². The van der Waals surface area contributed by atoms with E-state index in [1.165, 1.54) is 27.1 Å². The Morgan fingerprint density at radius 1 is 0.708 bits per heavy atom. The molecule has 0 aliphatic carbocycles. The molecule has 0 aliphatic heterocycles. The highest BCUT2D eigenvalue weighted by molar-refractivity contribution is 6.14. The van der Waals surface area contributed by atoms with E-state index in [4.69, 9.17) is 0 Å². The molecule has 1 nitrogen and oxygen atoms in total. The molecule has 0 saturated carbocycles. The van der Waals surface area contributed by atoms with Gasteiger partial charge in [0, 0.05) is 6.42 Å². The van der Waals surface area contributed by atoms with Gasteiger partial charge in [-0.05, 0) is 51.2 Å². The predicted octanol–water partition coefficient (Wildman–Crippen LogP) is 5.79. The molecule has 0 atom stereocenters. The van der Waals surface area contributed by atoms with E-state index >= 15 is 0 Å². The number of ketones is 1. The van der Waals surface area contributed by atoms with Crippen LogP contribution in [-0.4, -0.2) is 5.78 Å². The Labute approximate surface area is 141 Å². The van der Waals surface area contributed by atoms with Crippen molar-refractivity contribution >= 4 is 27.3 Å². The zero-order valence-electron chi connectivity index (χ0n) is 13.6. The molecule has 1 heteroatoms. The lowest BCUT2D eigenvalue weighted by molar-refractivity contribution is -0.116. The first-order valence-corrected chi connectivity index (χ1v) is 8.22. The predicted molar refractivity (Wildman–Crippen MR) is 101 cm³/mol. The molecule has 116 valence electrons. The Balaban J connectivity index is 2.08. The molecule has 4 rings (SSSR count). The molecule has 0 unspecified atom stereocenters. The van der Waals surface area contributed by atoms with Gasteiger partial charge in [0.25, 0.3) is 0 Å². The molecule has 0 N–H and O–H groups in total. The molecule has 4 aromatic rings. The average molecular weight is 310 g/mol. The third-order valence-electron chi connectivity index (χ3n) is 4.51. The van der Waals surface area contributed by atoms with Crippen LogP contribution in [-0.2, 0) is 11.2 Å². The summed E-state index contributed by atoms with van der Waals surface area (Å²) >= 11 is 0. The van der Waals surface area contributed by atoms with Crippen LogP contribution in [0.3, 0.4) is 0 Å². The standard InChI is InChI=1S/C23H18O/c1-16(24)14-17-8-2-5-11-20(17)23-15-18-9-3-4-10-19(18)21-12-6-7-13-22(21)23/h2-13,15H,14H2,1H3. The minimum Gasteiger partial charge on any atom is -0.300 e. The van der Waals surface area contributed by atoms with Gasteiger partial charge in [-0.3, -0.25) is 4.79 Å². The van der Waals surface area contributed by atoms with Gasteiger partial charge >= 0.3 is 0 Å². The van der Waals surface area contributed by atoms with Gasteiger partial charge in [0.2, 0.25) is 0 Å². The fourth-order valence-corrected chi connectivity index (χ4v) is 3.48. The Morgan fingerprint density at radius 2 is 1.33 bits per heavy atom. The minimum absolute atomic E-state index is 0.188. The van der Waals surface area contributed by atoms with Gasteiger partial charge < -0.3 is 0 Å². The van der Waals surface area contributed by atoms with Crippen LogP contribution in [0.5, 0.6) is 0 Å². The summed E-state index contributed by atoms with van der Waals surface area (Å²) in [5, 5.41) is 4.97. The summed E-state index contributed by atoms with van der Waals surface area (Å²) in [5.74, 6) is 0.188. The summed E-state index contributed by atoms with van der Waals surface area (Å²) in [4.78, 5) is 11.7. The molecule has 0 radical (unpaired) electrons. The first kappa shape index (κ1) is 14.6. The highest BCUT2D eigenvalue weighted by Gasteiger charge is 2.12. The molecule has 0 amide bonds. The Morgan fingerprint density at radius 3 is 2.12 bits per heavy atom. The summed E-state index contributed by atoms with van der Waals surface area (Å²) in [5.41, 5.74) is 3.43. The molecule has 0 aliphatic rings. The molecular formula is C23H18O. The van der Waals surface area contributed by atoms with Gasteiger partial charge in [0.1, 0.15) is 5.78 Å². The van der Waals surface area contributed by atoms with Gasteiger partial charge in [-0.1, -0.05) is 72.8 Å². The maximum Gasteiger partial charge on any atom is 0.134 e. The molecule has 24 heavy (non-hydrogen) atoms. The van der Waals surface area contributed by atoms with E-state index in [-0.39, 0.29) is 5.78 Å². The summed E-state index contributed by atoms with van der Waals surface area (Å²) < 4.78 is 0. The number of hydrogen-bond donors (Lipinski definition) is 0. The van der Waals surface area contributed by atoms with Crippen molar-refractivity contribution in [2.75, 3.05) is 0 Å². The van der Waals surface area contributed by atoms with Gasteiger partial charge in [-0.2, -0.15) is 0 Å². The third kappa shape index (κ3) is 2.48.